The van der Waals surface area contributed by atoms with Gasteiger partial charge >= 0.3 is 0 Å². The number of hydrogen-bond acceptors (Lipinski definition) is 3. The molecule has 0 radical (unpaired) electrons. The van der Waals surface area contributed by atoms with Gasteiger partial charge in [-0.25, -0.2) is 13.4 Å². The first kappa shape index (κ1) is 16.6. The third kappa shape index (κ3) is 3.55. The van der Waals surface area contributed by atoms with Gasteiger partial charge in [0.15, 0.2) is 0 Å². The van der Waals surface area contributed by atoms with Crippen LogP contribution in [0.4, 0.5) is 5.69 Å². The lowest BCUT2D eigenvalue weighted by Gasteiger charge is -2.08. The quantitative estimate of drug-likeness (QED) is 0.746. The SMILES string of the molecule is O=S(=O)(/C=C/c1ccccc1)Nc1ccc(-c2cnc3n2CCC3)cc1. The van der Waals surface area contributed by atoms with Crippen LogP contribution in [0.25, 0.3) is 17.3 Å². The Labute approximate surface area is 153 Å². The van der Waals surface area contributed by atoms with Crippen LogP contribution in [0, 0.1) is 0 Å². The van der Waals surface area contributed by atoms with Crippen LogP contribution in [0.2, 0.25) is 0 Å². The minimum absolute atomic E-state index is 0.535. The van der Waals surface area contributed by atoms with Crippen molar-refractivity contribution in [2.45, 2.75) is 19.4 Å². The van der Waals surface area contributed by atoms with Gasteiger partial charge in [-0.15, -0.1) is 0 Å². The number of nitrogens with one attached hydrogen (secondary N) is 1. The summed E-state index contributed by atoms with van der Waals surface area (Å²) in [5.41, 5.74) is 3.49. The summed E-state index contributed by atoms with van der Waals surface area (Å²) < 4.78 is 29.3. The Kier molecular flexibility index (Phi) is 4.34. The molecule has 6 heteroatoms. The van der Waals surface area contributed by atoms with Crippen molar-refractivity contribution in [3.05, 3.63) is 77.6 Å². The summed E-state index contributed by atoms with van der Waals surface area (Å²) >= 11 is 0. The van der Waals surface area contributed by atoms with Crippen LogP contribution in [0.1, 0.15) is 17.8 Å². The molecule has 5 nitrogen and oxygen atoms in total. The van der Waals surface area contributed by atoms with Crippen LogP contribution in [0.5, 0.6) is 0 Å². The van der Waals surface area contributed by atoms with E-state index in [9.17, 15) is 8.42 Å². The molecule has 0 fully saturated rings. The van der Waals surface area contributed by atoms with Gasteiger partial charge in [0.1, 0.15) is 5.82 Å². The lowest BCUT2D eigenvalue weighted by Crippen LogP contribution is -2.08. The number of imidazole rings is 1. The fourth-order valence-corrected chi connectivity index (χ4v) is 4.00. The van der Waals surface area contributed by atoms with Gasteiger partial charge in [0.2, 0.25) is 0 Å². The van der Waals surface area contributed by atoms with Crippen LogP contribution < -0.4 is 4.72 Å². The van der Waals surface area contributed by atoms with Crippen molar-refractivity contribution in [1.82, 2.24) is 9.55 Å². The standard InChI is InChI=1S/C20H19N3O2S/c24-26(25,14-12-16-5-2-1-3-6-16)22-18-10-8-17(9-11-18)19-15-21-20-7-4-13-23(19)20/h1-3,5-6,8-12,14-15,22H,4,7,13H2/b14-12+. The molecular formula is C20H19N3O2S. The molecule has 0 aliphatic carbocycles. The average molecular weight is 365 g/mol. The van der Waals surface area contributed by atoms with E-state index >= 15 is 0 Å². The van der Waals surface area contributed by atoms with Crippen molar-refractivity contribution in [3.63, 3.8) is 0 Å². The first-order valence-electron chi connectivity index (χ1n) is 8.51. The zero-order valence-electron chi connectivity index (χ0n) is 14.2. The summed E-state index contributed by atoms with van der Waals surface area (Å²) in [6.45, 7) is 0.989. The van der Waals surface area contributed by atoms with E-state index in [0.717, 1.165) is 42.0 Å². The predicted molar refractivity (Wildman–Crippen MR) is 104 cm³/mol. The molecule has 0 saturated carbocycles. The molecule has 1 aromatic heterocycles. The van der Waals surface area contributed by atoms with Gasteiger partial charge in [-0.1, -0.05) is 42.5 Å². The number of sulfonamides is 1. The average Bonchev–Trinajstić information content (AvgIpc) is 3.25. The molecule has 1 aliphatic heterocycles. The maximum Gasteiger partial charge on any atom is 0.255 e. The molecule has 0 atom stereocenters. The Hall–Kier alpha value is -2.86. The molecule has 3 aromatic rings. The van der Waals surface area contributed by atoms with Crippen molar-refractivity contribution in [1.29, 1.82) is 0 Å². The maximum atomic E-state index is 12.2. The highest BCUT2D eigenvalue weighted by Gasteiger charge is 2.16. The third-order valence-corrected chi connectivity index (χ3v) is 5.41. The smallest absolute Gasteiger partial charge is 0.255 e. The molecule has 0 bridgehead atoms. The molecule has 132 valence electrons. The molecule has 1 aliphatic rings. The molecular weight excluding hydrogens is 346 g/mol. The van der Waals surface area contributed by atoms with Crippen LogP contribution in [-0.2, 0) is 23.0 Å². The number of benzene rings is 2. The lowest BCUT2D eigenvalue weighted by molar-refractivity contribution is 0.609. The Balaban J connectivity index is 1.49. The van der Waals surface area contributed by atoms with Crippen molar-refractivity contribution >= 4 is 21.8 Å². The molecule has 4 rings (SSSR count). The van der Waals surface area contributed by atoms with Gasteiger partial charge in [0.05, 0.1) is 17.3 Å². The van der Waals surface area contributed by atoms with Gasteiger partial charge in [-0.2, -0.15) is 0 Å². The minimum Gasteiger partial charge on any atom is -0.328 e. The van der Waals surface area contributed by atoms with E-state index in [0.29, 0.717) is 5.69 Å². The Morgan fingerprint density at radius 3 is 2.58 bits per heavy atom. The van der Waals surface area contributed by atoms with Crippen molar-refractivity contribution in [2.24, 2.45) is 0 Å². The molecule has 2 heterocycles. The number of anilines is 1. The summed E-state index contributed by atoms with van der Waals surface area (Å²) in [4.78, 5) is 4.45. The van der Waals surface area contributed by atoms with E-state index in [1.807, 2.05) is 48.7 Å². The van der Waals surface area contributed by atoms with Crippen molar-refractivity contribution < 1.29 is 8.42 Å². The molecule has 2 aromatic carbocycles. The van der Waals surface area contributed by atoms with Gasteiger partial charge in [0, 0.05) is 18.7 Å². The normalized spacial score (nSPS) is 13.8. The number of aryl methyl sites for hydroxylation is 1. The summed E-state index contributed by atoms with van der Waals surface area (Å²) in [5.74, 6) is 1.12. The Morgan fingerprint density at radius 1 is 1.04 bits per heavy atom. The number of rotatable bonds is 5. The maximum absolute atomic E-state index is 12.2. The number of nitrogens with zero attached hydrogens (tertiary/aromatic N) is 2. The van der Waals surface area contributed by atoms with E-state index in [1.165, 1.54) is 5.41 Å². The Bertz CT molecular complexity index is 1040. The molecule has 0 spiro atoms. The van der Waals surface area contributed by atoms with E-state index in [2.05, 4.69) is 14.3 Å². The van der Waals surface area contributed by atoms with Crippen molar-refractivity contribution in [3.8, 4) is 11.3 Å². The van der Waals surface area contributed by atoms with E-state index < -0.39 is 10.0 Å². The summed E-state index contributed by atoms with van der Waals surface area (Å²) in [5, 5.41) is 1.18. The molecule has 1 N–H and O–H groups in total. The number of aromatic nitrogens is 2. The van der Waals surface area contributed by atoms with E-state index in [1.54, 1.807) is 18.2 Å². The lowest BCUT2D eigenvalue weighted by atomic mass is 10.1. The van der Waals surface area contributed by atoms with Gasteiger partial charge in [0.25, 0.3) is 10.0 Å². The van der Waals surface area contributed by atoms with Crippen LogP contribution in [0.3, 0.4) is 0 Å². The first-order chi connectivity index (χ1) is 12.6. The monoisotopic (exact) mass is 365 g/mol. The van der Waals surface area contributed by atoms with Crippen LogP contribution >= 0.6 is 0 Å². The highest BCUT2D eigenvalue weighted by molar-refractivity contribution is 7.95. The summed E-state index contributed by atoms with van der Waals surface area (Å²) in [6.07, 6.45) is 5.61. The van der Waals surface area contributed by atoms with E-state index in [-0.39, 0.29) is 0 Å². The second-order valence-electron chi connectivity index (χ2n) is 6.25. The first-order valence-corrected chi connectivity index (χ1v) is 10.1. The van der Waals surface area contributed by atoms with Crippen molar-refractivity contribution in [2.75, 3.05) is 4.72 Å². The zero-order chi connectivity index (χ0) is 18.0. The number of fused-ring (bicyclic) bond motifs is 1. The highest BCUT2D eigenvalue weighted by atomic mass is 32.2. The largest absolute Gasteiger partial charge is 0.328 e. The molecule has 0 amide bonds. The molecule has 0 saturated heterocycles. The van der Waals surface area contributed by atoms with Gasteiger partial charge < -0.3 is 4.57 Å². The second-order valence-corrected chi connectivity index (χ2v) is 7.82. The molecule has 0 unspecified atom stereocenters. The Morgan fingerprint density at radius 2 is 1.81 bits per heavy atom. The third-order valence-electron chi connectivity index (χ3n) is 4.40. The van der Waals surface area contributed by atoms with Crippen LogP contribution in [0.15, 0.2) is 66.2 Å². The minimum atomic E-state index is -3.56. The fourth-order valence-electron chi connectivity index (χ4n) is 3.13. The summed E-state index contributed by atoms with van der Waals surface area (Å²) in [6, 6.07) is 16.7. The molecule has 26 heavy (non-hydrogen) atoms. The zero-order valence-corrected chi connectivity index (χ0v) is 15.0. The topological polar surface area (TPSA) is 64.0 Å². The number of hydrogen-bond donors (Lipinski definition) is 1. The second kappa shape index (κ2) is 6.80. The fraction of sp³-hybridized carbons (Fsp3) is 0.150. The predicted octanol–water partition coefficient (Wildman–Crippen LogP) is 3.91. The van der Waals surface area contributed by atoms with Gasteiger partial charge in [-0.3, -0.25) is 4.72 Å². The van der Waals surface area contributed by atoms with E-state index in [4.69, 9.17) is 0 Å². The summed E-state index contributed by atoms with van der Waals surface area (Å²) in [7, 11) is -3.56. The highest BCUT2D eigenvalue weighted by Crippen LogP contribution is 2.26. The van der Waals surface area contributed by atoms with Crippen LogP contribution in [-0.4, -0.2) is 18.0 Å². The van der Waals surface area contributed by atoms with Gasteiger partial charge in [-0.05, 0) is 35.8 Å².